The van der Waals surface area contributed by atoms with Crippen LogP contribution < -0.4 is 10.1 Å². The van der Waals surface area contributed by atoms with Crippen molar-refractivity contribution in [2.75, 3.05) is 46.6 Å². The molecule has 3 N–H and O–H groups in total. The summed E-state index contributed by atoms with van der Waals surface area (Å²) in [4.78, 5) is 14.7. The number of benzene rings is 2. The van der Waals surface area contributed by atoms with E-state index in [9.17, 15) is 9.18 Å². The highest BCUT2D eigenvalue weighted by Gasteiger charge is 2.26. The summed E-state index contributed by atoms with van der Waals surface area (Å²) in [6.07, 6.45) is 0.861. The van der Waals surface area contributed by atoms with Crippen molar-refractivity contribution in [3.8, 4) is 28.5 Å². The third kappa shape index (κ3) is 5.33. The molecule has 1 fully saturated rings. The average molecular weight is 510 g/mol. The largest absolute Gasteiger partial charge is 0.488 e. The molecule has 0 aliphatic carbocycles. The molecule has 10 nitrogen and oxygen atoms in total. The van der Waals surface area contributed by atoms with Gasteiger partial charge in [-0.25, -0.2) is 4.39 Å². The minimum absolute atomic E-state index is 0.0312. The lowest BCUT2D eigenvalue weighted by molar-refractivity contribution is 0.0789. The molecule has 1 aliphatic heterocycles. The van der Waals surface area contributed by atoms with Crippen LogP contribution in [0, 0.1) is 5.82 Å². The zero-order valence-corrected chi connectivity index (χ0v) is 20.4. The summed E-state index contributed by atoms with van der Waals surface area (Å²) in [5.74, 6) is -0.0538. The summed E-state index contributed by atoms with van der Waals surface area (Å²) in [6, 6.07) is 12.0. The summed E-state index contributed by atoms with van der Waals surface area (Å²) in [5.41, 5.74) is 2.96. The standard InChI is InChI=1S/C26H28FN5O5/c1-35-10-11-36-23-14-22-19(12-20(23)27)25(30-29-22)24-13-21(31-37-24)16-2-4-17(5-3-16)26(34)32-8-6-18(15-32)28-7-9-33/h2-5,12-14,18,28,33H,6-11,15H2,1H3,(H,29,30). The number of carbonyl (C=O) groups excluding carboxylic acids is 1. The second-order valence-corrected chi connectivity index (χ2v) is 8.81. The van der Waals surface area contributed by atoms with Gasteiger partial charge in [-0.15, -0.1) is 0 Å². The summed E-state index contributed by atoms with van der Waals surface area (Å²) < 4.78 is 30.5. The van der Waals surface area contributed by atoms with Crippen LogP contribution >= 0.6 is 0 Å². The predicted molar refractivity (Wildman–Crippen MR) is 134 cm³/mol. The third-order valence-corrected chi connectivity index (χ3v) is 6.35. The molecule has 2 aromatic heterocycles. The van der Waals surface area contributed by atoms with Gasteiger partial charge in [0.05, 0.1) is 18.7 Å². The monoisotopic (exact) mass is 509 g/mol. The number of methoxy groups -OCH3 is 1. The van der Waals surface area contributed by atoms with E-state index < -0.39 is 5.82 Å². The van der Waals surface area contributed by atoms with Gasteiger partial charge >= 0.3 is 0 Å². The van der Waals surface area contributed by atoms with Crippen LogP contribution in [-0.4, -0.2) is 83.9 Å². The number of hydrogen-bond donors (Lipinski definition) is 3. The van der Waals surface area contributed by atoms with Crippen molar-refractivity contribution in [1.29, 1.82) is 0 Å². The molecule has 11 heteroatoms. The highest BCUT2D eigenvalue weighted by atomic mass is 19.1. The fourth-order valence-electron chi connectivity index (χ4n) is 4.42. The smallest absolute Gasteiger partial charge is 0.253 e. The zero-order chi connectivity index (χ0) is 25.8. The SMILES string of the molecule is COCCOc1cc2[nH]nc(-c3cc(-c4ccc(C(=O)N5CCC(NCCO)C5)cc4)no3)c2cc1F. The zero-order valence-electron chi connectivity index (χ0n) is 20.4. The highest BCUT2D eigenvalue weighted by Crippen LogP contribution is 2.33. The van der Waals surface area contributed by atoms with E-state index in [0.29, 0.717) is 59.9 Å². The maximum absolute atomic E-state index is 14.6. The highest BCUT2D eigenvalue weighted by molar-refractivity contribution is 5.95. The Labute approximate surface area is 212 Å². The Morgan fingerprint density at radius 2 is 2.11 bits per heavy atom. The molecule has 1 amide bonds. The number of aliphatic hydroxyl groups excluding tert-OH is 1. The summed E-state index contributed by atoms with van der Waals surface area (Å²) in [6.45, 7) is 2.48. The lowest BCUT2D eigenvalue weighted by Crippen LogP contribution is -2.36. The number of amides is 1. The fraction of sp³-hybridized carbons (Fsp3) is 0.346. The molecular formula is C26H28FN5O5. The molecule has 1 unspecified atom stereocenters. The number of nitrogens with one attached hydrogen (secondary N) is 2. The van der Waals surface area contributed by atoms with Gasteiger partial charge in [-0.1, -0.05) is 17.3 Å². The van der Waals surface area contributed by atoms with Crippen LogP contribution in [0.1, 0.15) is 16.8 Å². The minimum atomic E-state index is -0.514. The molecule has 2 aromatic carbocycles. The quantitative estimate of drug-likeness (QED) is 0.279. The molecule has 5 rings (SSSR count). The topological polar surface area (TPSA) is 126 Å². The third-order valence-electron chi connectivity index (χ3n) is 6.35. The number of likely N-dealkylation sites (tertiary alicyclic amines) is 1. The average Bonchev–Trinajstić information content (AvgIpc) is 3.67. The number of halogens is 1. The van der Waals surface area contributed by atoms with Gasteiger partial charge in [0.1, 0.15) is 18.0 Å². The van der Waals surface area contributed by atoms with Crippen molar-refractivity contribution >= 4 is 16.8 Å². The Morgan fingerprint density at radius 3 is 2.89 bits per heavy atom. The Balaban J connectivity index is 1.29. The van der Waals surface area contributed by atoms with E-state index >= 15 is 0 Å². The number of rotatable bonds is 10. The lowest BCUT2D eigenvalue weighted by Gasteiger charge is -2.17. The van der Waals surface area contributed by atoms with Gasteiger partial charge < -0.3 is 29.3 Å². The molecule has 4 aromatic rings. The molecule has 1 aliphatic rings. The van der Waals surface area contributed by atoms with Gasteiger partial charge in [-0.05, 0) is 24.6 Å². The van der Waals surface area contributed by atoms with Crippen molar-refractivity contribution in [2.45, 2.75) is 12.5 Å². The van der Waals surface area contributed by atoms with Gasteiger partial charge in [0.25, 0.3) is 5.91 Å². The van der Waals surface area contributed by atoms with E-state index in [0.717, 1.165) is 12.0 Å². The molecule has 0 saturated carbocycles. The van der Waals surface area contributed by atoms with Crippen LogP contribution in [-0.2, 0) is 4.74 Å². The van der Waals surface area contributed by atoms with E-state index in [2.05, 4.69) is 20.7 Å². The van der Waals surface area contributed by atoms with Crippen LogP contribution in [0.15, 0.2) is 47.0 Å². The molecule has 3 heterocycles. The number of fused-ring (bicyclic) bond motifs is 1. The van der Waals surface area contributed by atoms with Crippen molar-refractivity contribution in [3.63, 3.8) is 0 Å². The van der Waals surface area contributed by atoms with E-state index in [1.165, 1.54) is 6.07 Å². The van der Waals surface area contributed by atoms with Crippen LogP contribution in [0.4, 0.5) is 4.39 Å². The molecule has 1 saturated heterocycles. The summed E-state index contributed by atoms with van der Waals surface area (Å²) in [7, 11) is 1.55. The van der Waals surface area contributed by atoms with Crippen molar-refractivity contribution in [1.82, 2.24) is 25.6 Å². The Kier molecular flexibility index (Phi) is 7.45. The lowest BCUT2D eigenvalue weighted by atomic mass is 10.1. The van der Waals surface area contributed by atoms with Crippen LogP contribution in [0.2, 0.25) is 0 Å². The Bertz CT molecular complexity index is 1370. The first-order valence-corrected chi connectivity index (χ1v) is 12.1. The van der Waals surface area contributed by atoms with Gasteiger partial charge in [0, 0.05) is 61.4 Å². The maximum Gasteiger partial charge on any atom is 0.253 e. The second kappa shape index (κ2) is 11.1. The number of hydrogen-bond acceptors (Lipinski definition) is 8. The molecule has 1 atom stereocenters. The maximum atomic E-state index is 14.6. The molecule has 0 spiro atoms. The number of ether oxygens (including phenoxy) is 2. The van der Waals surface area contributed by atoms with Crippen LogP contribution in [0.25, 0.3) is 33.6 Å². The molecular weight excluding hydrogens is 481 g/mol. The first-order valence-electron chi connectivity index (χ1n) is 12.1. The number of aliphatic hydroxyl groups is 1. The van der Waals surface area contributed by atoms with E-state index in [1.807, 2.05) is 17.0 Å². The van der Waals surface area contributed by atoms with Gasteiger partial charge in [0.15, 0.2) is 17.3 Å². The Hall–Kier alpha value is -3.80. The number of carbonyl (C=O) groups is 1. The molecule has 194 valence electrons. The normalized spacial score (nSPS) is 15.5. The van der Waals surface area contributed by atoms with Crippen molar-refractivity contribution < 1.29 is 28.3 Å². The summed E-state index contributed by atoms with van der Waals surface area (Å²) >= 11 is 0. The fourth-order valence-corrected chi connectivity index (χ4v) is 4.42. The van der Waals surface area contributed by atoms with Crippen molar-refractivity contribution in [2.24, 2.45) is 0 Å². The van der Waals surface area contributed by atoms with Gasteiger partial charge in [-0.3, -0.25) is 9.89 Å². The predicted octanol–water partition coefficient (Wildman–Crippen LogP) is 2.85. The van der Waals surface area contributed by atoms with Crippen molar-refractivity contribution in [3.05, 3.63) is 53.8 Å². The first kappa shape index (κ1) is 24.9. The van der Waals surface area contributed by atoms with Crippen LogP contribution in [0.3, 0.4) is 0 Å². The van der Waals surface area contributed by atoms with E-state index in [1.54, 1.807) is 31.4 Å². The Morgan fingerprint density at radius 1 is 1.27 bits per heavy atom. The number of H-pyrrole nitrogens is 1. The molecule has 0 radical (unpaired) electrons. The molecule has 0 bridgehead atoms. The van der Waals surface area contributed by atoms with E-state index in [-0.39, 0.29) is 30.9 Å². The minimum Gasteiger partial charge on any atom is -0.488 e. The number of nitrogens with zero attached hydrogens (tertiary/aromatic N) is 3. The van der Waals surface area contributed by atoms with Gasteiger partial charge in [0.2, 0.25) is 0 Å². The number of aromatic nitrogens is 3. The van der Waals surface area contributed by atoms with E-state index in [4.69, 9.17) is 19.1 Å². The van der Waals surface area contributed by atoms with Gasteiger partial charge in [-0.2, -0.15) is 5.10 Å². The van der Waals surface area contributed by atoms with Crippen LogP contribution in [0.5, 0.6) is 5.75 Å². The first-order chi connectivity index (χ1) is 18.1. The molecule has 37 heavy (non-hydrogen) atoms. The number of aromatic amines is 1. The summed E-state index contributed by atoms with van der Waals surface area (Å²) in [5, 5.41) is 24.1. The second-order valence-electron chi connectivity index (χ2n) is 8.81.